The number of rotatable bonds is 1. The molecule has 218 valence electrons. The molecule has 1 aromatic heterocycles. The van der Waals surface area contributed by atoms with Crippen LogP contribution in [0.3, 0.4) is 0 Å². The third-order valence-electron chi connectivity index (χ3n) is 13.1. The molecule has 5 nitrogen and oxygen atoms in total. The van der Waals surface area contributed by atoms with Gasteiger partial charge in [-0.3, -0.25) is 9.59 Å². The van der Waals surface area contributed by atoms with Crippen molar-refractivity contribution >= 4 is 22.9 Å². The quantitative estimate of drug-likeness (QED) is 0.344. The molecule has 0 radical (unpaired) electrons. The van der Waals surface area contributed by atoms with Crippen molar-refractivity contribution in [3.63, 3.8) is 0 Å². The first kappa shape index (κ1) is 29.6. The van der Waals surface area contributed by atoms with Crippen molar-refractivity contribution in [2.24, 2.45) is 44.8 Å². The lowest BCUT2D eigenvalue weighted by Crippen LogP contribution is -2.65. The normalized spacial score (nSPS) is 43.0. The van der Waals surface area contributed by atoms with Crippen molar-refractivity contribution in [2.45, 2.75) is 126 Å². The fraction of sp³-hybridized carbons (Fsp3) is 0.794. The molecule has 0 aliphatic heterocycles. The first-order valence-corrected chi connectivity index (χ1v) is 16.3. The van der Waals surface area contributed by atoms with Gasteiger partial charge in [-0.25, -0.2) is 0 Å². The number of carbonyl (C=O) groups is 2. The number of ketones is 2. The molecule has 0 spiro atoms. The van der Waals surface area contributed by atoms with E-state index in [9.17, 15) is 14.9 Å². The Morgan fingerprint density at radius 3 is 2.15 bits per heavy atom. The molecular formula is C34H49N3O2S. The van der Waals surface area contributed by atoms with Crippen molar-refractivity contribution < 1.29 is 9.59 Å². The summed E-state index contributed by atoms with van der Waals surface area (Å²) in [6.45, 7) is 20.4. The van der Waals surface area contributed by atoms with Crippen LogP contribution in [0.15, 0.2) is 11.6 Å². The summed E-state index contributed by atoms with van der Waals surface area (Å²) in [5, 5.41) is 21.2. The van der Waals surface area contributed by atoms with Crippen molar-refractivity contribution in [1.82, 2.24) is 10.2 Å². The van der Waals surface area contributed by atoms with E-state index in [0.29, 0.717) is 17.8 Å². The fourth-order valence-corrected chi connectivity index (χ4v) is 10.9. The van der Waals surface area contributed by atoms with Gasteiger partial charge in [-0.05, 0) is 91.8 Å². The van der Waals surface area contributed by atoms with E-state index in [0.717, 1.165) is 61.4 Å². The Bertz CT molecular complexity index is 1300. The maximum absolute atomic E-state index is 14.4. The second kappa shape index (κ2) is 9.32. The molecule has 40 heavy (non-hydrogen) atoms. The summed E-state index contributed by atoms with van der Waals surface area (Å²) in [6.07, 6.45) is 10.7. The Kier molecular flexibility index (Phi) is 6.90. The largest absolute Gasteiger partial charge is 0.299 e. The van der Waals surface area contributed by atoms with E-state index in [1.165, 1.54) is 0 Å². The molecule has 0 N–H and O–H groups in total. The van der Waals surface area contributed by atoms with Gasteiger partial charge in [0.15, 0.2) is 5.78 Å². The Morgan fingerprint density at radius 2 is 1.52 bits per heavy atom. The average Bonchev–Trinajstić information content (AvgIpc) is 3.32. The van der Waals surface area contributed by atoms with Crippen LogP contribution < -0.4 is 0 Å². The van der Waals surface area contributed by atoms with E-state index in [1.807, 2.05) is 26.8 Å². The molecule has 3 saturated carbocycles. The summed E-state index contributed by atoms with van der Waals surface area (Å²) >= 11 is 1.73. The molecule has 0 saturated heterocycles. The summed E-state index contributed by atoms with van der Waals surface area (Å²) in [7, 11) is 0. The lowest BCUT2D eigenvalue weighted by atomic mass is 9.35. The summed E-state index contributed by atoms with van der Waals surface area (Å²) in [5.41, 5.74) is -0.862. The molecule has 3 fully saturated rings. The maximum atomic E-state index is 14.4. The highest BCUT2D eigenvalue weighted by molar-refractivity contribution is 7.11. The standard InChI is InChI=1S/C34H49N3O2S/c1-21-36-37-28(40-21)31(6)15-14-29(2,3)12-10-23-24(38)18-26-32(7)19-22(20-35)27(39)30(4,5)25(32)11-13-34(26,9)33(23,8)17-16-31/h19,23,25-26H,10-18H2,1-9H3/t23?,25-,26+,31-,32-,33+,34+/m0/s1. The summed E-state index contributed by atoms with van der Waals surface area (Å²) in [4.78, 5) is 27.7. The molecule has 4 aliphatic carbocycles. The van der Waals surface area contributed by atoms with Crippen LogP contribution in [-0.4, -0.2) is 21.8 Å². The second-order valence-electron chi connectivity index (χ2n) is 16.2. The summed E-state index contributed by atoms with van der Waals surface area (Å²) < 4.78 is 0. The predicted molar refractivity (Wildman–Crippen MR) is 160 cm³/mol. The Hall–Kier alpha value is -1.87. The van der Waals surface area contributed by atoms with Crippen LogP contribution in [0, 0.1) is 63.1 Å². The molecule has 5 rings (SSSR count). The number of aromatic nitrogens is 2. The summed E-state index contributed by atoms with van der Waals surface area (Å²) in [5.74, 6) is 0.636. The lowest BCUT2D eigenvalue weighted by Gasteiger charge is -2.68. The maximum Gasteiger partial charge on any atom is 0.178 e. The van der Waals surface area contributed by atoms with E-state index in [-0.39, 0.29) is 50.6 Å². The minimum atomic E-state index is -0.606. The van der Waals surface area contributed by atoms with Gasteiger partial charge in [0, 0.05) is 23.2 Å². The number of fused-ring (bicyclic) bond motifs is 5. The minimum Gasteiger partial charge on any atom is -0.299 e. The van der Waals surface area contributed by atoms with Gasteiger partial charge in [0.2, 0.25) is 0 Å². The van der Waals surface area contributed by atoms with Crippen LogP contribution in [0.5, 0.6) is 0 Å². The number of hydrogen-bond donors (Lipinski definition) is 0. The third-order valence-corrected chi connectivity index (χ3v) is 14.2. The van der Waals surface area contributed by atoms with Crippen molar-refractivity contribution in [3.8, 4) is 6.07 Å². The molecule has 0 aromatic carbocycles. The minimum absolute atomic E-state index is 0.0312. The first-order chi connectivity index (χ1) is 18.4. The van der Waals surface area contributed by atoms with Crippen LogP contribution in [0.1, 0.15) is 123 Å². The van der Waals surface area contributed by atoms with Crippen LogP contribution in [0.2, 0.25) is 0 Å². The van der Waals surface area contributed by atoms with E-state index < -0.39 is 5.41 Å². The SMILES string of the molecule is Cc1nnc([C@@]2(C)CCC(C)(C)CCC3C(=O)C[C@@H]4[C@@]5(C)C=C(C#N)C(=O)C(C)(C)[C@@H]5CC[C@@]4(C)[C@]3(C)CC2)s1. The van der Waals surface area contributed by atoms with Gasteiger partial charge in [0.1, 0.15) is 21.9 Å². The topological polar surface area (TPSA) is 83.7 Å². The van der Waals surface area contributed by atoms with Gasteiger partial charge in [-0.1, -0.05) is 61.5 Å². The summed E-state index contributed by atoms with van der Waals surface area (Å²) in [6, 6.07) is 2.24. The Labute approximate surface area is 245 Å². The Balaban J connectivity index is 1.63. The molecule has 0 bridgehead atoms. The van der Waals surface area contributed by atoms with Crippen LogP contribution in [-0.2, 0) is 15.0 Å². The van der Waals surface area contributed by atoms with Crippen molar-refractivity contribution in [1.29, 1.82) is 5.26 Å². The smallest absolute Gasteiger partial charge is 0.178 e. The number of aryl methyl sites for hydroxylation is 1. The van der Waals surface area contributed by atoms with Gasteiger partial charge in [0.25, 0.3) is 0 Å². The number of carbonyl (C=O) groups excluding carboxylic acids is 2. The van der Waals surface area contributed by atoms with E-state index in [4.69, 9.17) is 0 Å². The highest BCUT2D eigenvalue weighted by atomic mass is 32.1. The zero-order chi connectivity index (χ0) is 29.5. The van der Waals surface area contributed by atoms with Gasteiger partial charge in [-0.15, -0.1) is 21.5 Å². The number of nitriles is 1. The highest BCUT2D eigenvalue weighted by Gasteiger charge is 2.68. The lowest BCUT2D eigenvalue weighted by molar-refractivity contribution is -0.191. The number of Topliss-reactive ketones (excluding diaryl/α,β-unsaturated/α-hetero) is 2. The van der Waals surface area contributed by atoms with Crippen molar-refractivity contribution in [2.75, 3.05) is 0 Å². The number of hydrogen-bond acceptors (Lipinski definition) is 6. The molecule has 1 unspecified atom stereocenters. The van der Waals surface area contributed by atoms with Gasteiger partial charge < -0.3 is 0 Å². The van der Waals surface area contributed by atoms with E-state index in [1.54, 1.807) is 11.3 Å². The van der Waals surface area contributed by atoms with Crippen LogP contribution in [0.4, 0.5) is 0 Å². The van der Waals surface area contributed by atoms with E-state index >= 15 is 0 Å². The zero-order valence-electron chi connectivity index (χ0n) is 26.2. The van der Waals surface area contributed by atoms with Crippen LogP contribution >= 0.6 is 11.3 Å². The van der Waals surface area contributed by atoms with Crippen LogP contribution in [0.25, 0.3) is 0 Å². The molecule has 1 heterocycles. The molecule has 0 amide bonds. The number of allylic oxidation sites excluding steroid dienone is 2. The van der Waals surface area contributed by atoms with Crippen molar-refractivity contribution in [3.05, 3.63) is 21.7 Å². The van der Waals surface area contributed by atoms with Gasteiger partial charge in [-0.2, -0.15) is 5.26 Å². The monoisotopic (exact) mass is 563 g/mol. The molecule has 7 atom stereocenters. The first-order valence-electron chi connectivity index (χ1n) is 15.4. The molecule has 6 heteroatoms. The zero-order valence-corrected chi connectivity index (χ0v) is 27.1. The average molecular weight is 564 g/mol. The third kappa shape index (κ3) is 4.19. The van der Waals surface area contributed by atoms with E-state index in [2.05, 4.69) is 57.8 Å². The van der Waals surface area contributed by atoms with Gasteiger partial charge in [0.05, 0.1) is 5.57 Å². The number of nitrogens with zero attached hydrogens (tertiary/aromatic N) is 3. The Morgan fingerprint density at radius 1 is 0.850 bits per heavy atom. The fourth-order valence-electron chi connectivity index (χ4n) is 10.0. The predicted octanol–water partition coefficient (Wildman–Crippen LogP) is 8.18. The highest BCUT2D eigenvalue weighted by Crippen LogP contribution is 2.72. The van der Waals surface area contributed by atoms with Gasteiger partial charge >= 0.3 is 0 Å². The molecular weight excluding hydrogens is 514 g/mol. The second-order valence-corrected chi connectivity index (χ2v) is 17.4. The molecule has 4 aliphatic rings. The molecule has 1 aromatic rings.